The van der Waals surface area contributed by atoms with Crippen LogP contribution in [0.5, 0.6) is 0 Å². The molecule has 108 valence electrons. The normalized spacial score (nSPS) is 13.3. The molecule has 21 heavy (non-hydrogen) atoms. The van der Waals surface area contributed by atoms with Crippen molar-refractivity contribution in [1.29, 1.82) is 0 Å². The number of benzene rings is 2. The summed E-state index contributed by atoms with van der Waals surface area (Å²) < 4.78 is 26.0. The summed E-state index contributed by atoms with van der Waals surface area (Å²) in [4.78, 5) is 13.9. The van der Waals surface area contributed by atoms with E-state index in [0.717, 1.165) is 23.3 Å². The van der Waals surface area contributed by atoms with Crippen molar-refractivity contribution in [3.8, 4) is 0 Å². The predicted molar refractivity (Wildman–Crippen MR) is 75.2 cm³/mol. The van der Waals surface area contributed by atoms with Crippen molar-refractivity contribution in [3.63, 3.8) is 0 Å². The Balaban J connectivity index is 1.71. The topological polar surface area (TPSA) is 46.3 Å². The monoisotopic (exact) mass is 288 g/mol. The van der Waals surface area contributed by atoms with Gasteiger partial charge in [-0.2, -0.15) is 0 Å². The molecule has 3 nitrogen and oxygen atoms in total. The van der Waals surface area contributed by atoms with E-state index in [4.69, 9.17) is 5.73 Å². The molecule has 3 rings (SSSR count). The minimum absolute atomic E-state index is 0.0562. The van der Waals surface area contributed by atoms with Crippen LogP contribution in [0.1, 0.15) is 16.7 Å². The van der Waals surface area contributed by atoms with Crippen LogP contribution >= 0.6 is 0 Å². The zero-order valence-electron chi connectivity index (χ0n) is 11.3. The maximum Gasteiger partial charge on any atom is 0.227 e. The van der Waals surface area contributed by atoms with Crippen molar-refractivity contribution in [1.82, 2.24) is 4.90 Å². The number of fused-ring (bicyclic) bond motifs is 1. The summed E-state index contributed by atoms with van der Waals surface area (Å²) in [5.41, 5.74) is 8.97. The first kappa shape index (κ1) is 13.5. The molecule has 0 saturated heterocycles. The first-order chi connectivity index (χ1) is 10.0. The smallest absolute Gasteiger partial charge is 0.227 e. The second kappa shape index (κ2) is 5.16. The molecule has 2 aromatic carbocycles. The number of rotatable bonds is 2. The first-order valence-corrected chi connectivity index (χ1v) is 6.62. The molecule has 0 saturated carbocycles. The summed E-state index contributed by atoms with van der Waals surface area (Å²) in [6.07, 6.45) is 0.0562. The highest BCUT2D eigenvalue weighted by molar-refractivity contribution is 5.79. The number of nitrogen functional groups attached to an aromatic ring is 1. The lowest BCUT2D eigenvalue weighted by Crippen LogP contribution is -2.26. The molecule has 1 amide bonds. The second-order valence-electron chi connectivity index (χ2n) is 5.20. The molecule has 1 aliphatic rings. The summed E-state index contributed by atoms with van der Waals surface area (Å²) >= 11 is 0. The Morgan fingerprint density at radius 1 is 1.05 bits per heavy atom. The molecular weight excluding hydrogens is 274 g/mol. The minimum atomic E-state index is -0.933. The third kappa shape index (κ3) is 2.72. The molecule has 0 atom stereocenters. The van der Waals surface area contributed by atoms with Gasteiger partial charge in [-0.15, -0.1) is 0 Å². The SMILES string of the molecule is Nc1ccc2c(c1)CN(C(=O)Cc1ccc(F)c(F)c1)C2. The number of carbonyl (C=O) groups is 1. The highest BCUT2D eigenvalue weighted by Gasteiger charge is 2.23. The quantitative estimate of drug-likeness (QED) is 0.864. The Morgan fingerprint density at radius 2 is 1.81 bits per heavy atom. The Bertz CT molecular complexity index is 715. The number of hydrogen-bond donors (Lipinski definition) is 1. The number of carbonyl (C=O) groups excluding carboxylic acids is 1. The van der Waals surface area contributed by atoms with E-state index in [1.165, 1.54) is 6.07 Å². The molecule has 1 heterocycles. The van der Waals surface area contributed by atoms with Crippen LogP contribution < -0.4 is 5.73 Å². The van der Waals surface area contributed by atoms with E-state index in [9.17, 15) is 13.6 Å². The summed E-state index contributed by atoms with van der Waals surface area (Å²) in [6, 6.07) is 9.11. The van der Waals surface area contributed by atoms with Gasteiger partial charge in [0.1, 0.15) is 0 Å². The Morgan fingerprint density at radius 3 is 2.57 bits per heavy atom. The van der Waals surface area contributed by atoms with Crippen molar-refractivity contribution < 1.29 is 13.6 Å². The molecule has 0 aromatic heterocycles. The van der Waals surface area contributed by atoms with Crippen molar-refractivity contribution in [2.24, 2.45) is 0 Å². The van der Waals surface area contributed by atoms with Gasteiger partial charge >= 0.3 is 0 Å². The average Bonchev–Trinajstić information content (AvgIpc) is 2.86. The Kier molecular flexibility index (Phi) is 3.33. The average molecular weight is 288 g/mol. The van der Waals surface area contributed by atoms with E-state index in [1.54, 1.807) is 4.90 Å². The highest BCUT2D eigenvalue weighted by Crippen LogP contribution is 2.25. The molecule has 0 spiro atoms. The van der Waals surface area contributed by atoms with Gasteiger partial charge < -0.3 is 10.6 Å². The van der Waals surface area contributed by atoms with Crippen LogP contribution in [0.15, 0.2) is 36.4 Å². The molecule has 0 aliphatic carbocycles. The predicted octanol–water partition coefficient (Wildman–Crippen LogP) is 2.63. The fourth-order valence-corrected chi connectivity index (χ4v) is 2.53. The second-order valence-corrected chi connectivity index (χ2v) is 5.20. The van der Waals surface area contributed by atoms with Gasteiger partial charge in [-0.3, -0.25) is 4.79 Å². The highest BCUT2D eigenvalue weighted by atomic mass is 19.2. The van der Waals surface area contributed by atoms with E-state index in [2.05, 4.69) is 0 Å². The summed E-state index contributed by atoms with van der Waals surface area (Å²) in [6.45, 7) is 1.03. The fraction of sp³-hybridized carbons (Fsp3) is 0.188. The lowest BCUT2D eigenvalue weighted by Gasteiger charge is -2.15. The van der Waals surface area contributed by atoms with Crippen LogP contribution in [-0.4, -0.2) is 10.8 Å². The maximum absolute atomic E-state index is 13.2. The van der Waals surface area contributed by atoms with Crippen LogP contribution in [0.25, 0.3) is 0 Å². The fourth-order valence-electron chi connectivity index (χ4n) is 2.53. The Hall–Kier alpha value is -2.43. The van der Waals surface area contributed by atoms with Crippen LogP contribution in [0, 0.1) is 11.6 Å². The van der Waals surface area contributed by atoms with Crippen LogP contribution in [0.2, 0.25) is 0 Å². The Labute approximate surface area is 121 Å². The van der Waals surface area contributed by atoms with Crippen LogP contribution in [-0.2, 0) is 24.3 Å². The number of anilines is 1. The molecule has 0 unspecified atom stereocenters. The van der Waals surface area contributed by atoms with Gasteiger partial charge in [-0.25, -0.2) is 8.78 Å². The summed E-state index contributed by atoms with van der Waals surface area (Å²) in [5.74, 6) is -1.95. The van der Waals surface area contributed by atoms with Gasteiger partial charge in [0.2, 0.25) is 5.91 Å². The van der Waals surface area contributed by atoms with Gasteiger partial charge in [-0.1, -0.05) is 12.1 Å². The van der Waals surface area contributed by atoms with E-state index in [0.29, 0.717) is 24.3 Å². The van der Waals surface area contributed by atoms with Gasteiger partial charge in [0, 0.05) is 18.8 Å². The third-order valence-electron chi connectivity index (χ3n) is 3.64. The first-order valence-electron chi connectivity index (χ1n) is 6.62. The number of halogens is 2. The van der Waals surface area contributed by atoms with Crippen molar-refractivity contribution in [2.45, 2.75) is 19.5 Å². The lowest BCUT2D eigenvalue weighted by atomic mass is 10.1. The number of nitrogens with zero attached hydrogens (tertiary/aromatic N) is 1. The number of nitrogens with two attached hydrogens (primary N) is 1. The van der Waals surface area contributed by atoms with E-state index in [1.807, 2.05) is 18.2 Å². The van der Waals surface area contributed by atoms with Crippen LogP contribution in [0.3, 0.4) is 0 Å². The van der Waals surface area contributed by atoms with Crippen molar-refractivity contribution in [2.75, 3.05) is 5.73 Å². The van der Waals surface area contributed by atoms with Gasteiger partial charge in [0.15, 0.2) is 11.6 Å². The van der Waals surface area contributed by atoms with E-state index >= 15 is 0 Å². The van der Waals surface area contributed by atoms with Crippen molar-refractivity contribution in [3.05, 3.63) is 64.7 Å². The molecule has 0 bridgehead atoms. The van der Waals surface area contributed by atoms with Crippen molar-refractivity contribution >= 4 is 11.6 Å². The lowest BCUT2D eigenvalue weighted by molar-refractivity contribution is -0.131. The number of hydrogen-bond acceptors (Lipinski definition) is 2. The maximum atomic E-state index is 13.2. The standard InChI is InChI=1S/C16H14F2N2O/c17-14-4-1-10(5-15(14)18)6-16(21)20-8-11-2-3-13(19)7-12(11)9-20/h1-5,7H,6,8-9,19H2. The van der Waals surface area contributed by atoms with Gasteiger partial charge in [0.25, 0.3) is 0 Å². The van der Waals surface area contributed by atoms with E-state index < -0.39 is 11.6 Å². The molecule has 2 N–H and O–H groups in total. The van der Waals surface area contributed by atoms with Gasteiger partial charge in [0.05, 0.1) is 6.42 Å². The summed E-state index contributed by atoms with van der Waals surface area (Å²) in [7, 11) is 0. The molecule has 2 aromatic rings. The molecule has 0 radical (unpaired) electrons. The zero-order chi connectivity index (χ0) is 15.0. The van der Waals surface area contributed by atoms with Gasteiger partial charge in [-0.05, 0) is 41.0 Å². The molecular formula is C16H14F2N2O. The molecule has 1 aliphatic heterocycles. The zero-order valence-corrected chi connectivity index (χ0v) is 11.3. The summed E-state index contributed by atoms with van der Waals surface area (Å²) in [5, 5.41) is 0. The van der Waals surface area contributed by atoms with Crippen LogP contribution in [0.4, 0.5) is 14.5 Å². The minimum Gasteiger partial charge on any atom is -0.399 e. The number of amides is 1. The molecule has 0 fully saturated rings. The molecule has 5 heteroatoms. The largest absolute Gasteiger partial charge is 0.399 e. The third-order valence-corrected chi connectivity index (χ3v) is 3.64. The van der Waals surface area contributed by atoms with E-state index in [-0.39, 0.29) is 12.3 Å².